The average molecular weight is 318 g/mol. The van der Waals surface area contributed by atoms with Gasteiger partial charge in [-0.15, -0.1) is 0 Å². The van der Waals surface area contributed by atoms with E-state index < -0.39 is 5.50 Å². The van der Waals surface area contributed by atoms with Crippen molar-refractivity contribution in [2.75, 3.05) is 27.7 Å². The third-order valence-electron chi connectivity index (χ3n) is 3.46. The second-order valence-electron chi connectivity index (χ2n) is 6.08. The molecule has 2 atom stereocenters. The summed E-state index contributed by atoms with van der Waals surface area (Å²) in [5.41, 5.74) is 10.4. The lowest BCUT2D eigenvalue weighted by Crippen LogP contribution is -2.54. The number of aliphatic imine (C=N–C) groups is 1. The van der Waals surface area contributed by atoms with Crippen LogP contribution in [0.2, 0.25) is 0 Å². The Labute approximate surface area is 131 Å². The van der Waals surface area contributed by atoms with Crippen molar-refractivity contribution >= 4 is 23.5 Å². The van der Waals surface area contributed by atoms with Crippen LogP contribution in [-0.4, -0.2) is 60.5 Å². The lowest BCUT2D eigenvalue weighted by molar-refractivity contribution is -0.895. The minimum absolute atomic E-state index is 0.114. The molecular formula is C13H26ClN6O+. The number of urea groups is 1. The first-order valence-electron chi connectivity index (χ1n) is 6.99. The zero-order chi connectivity index (χ0) is 16.2. The van der Waals surface area contributed by atoms with Crippen LogP contribution in [0.1, 0.15) is 19.8 Å². The van der Waals surface area contributed by atoms with E-state index in [1.807, 2.05) is 0 Å². The van der Waals surface area contributed by atoms with E-state index in [1.165, 1.54) is 11.1 Å². The Bertz CT molecular complexity index is 442. The van der Waals surface area contributed by atoms with Gasteiger partial charge in [-0.3, -0.25) is 4.90 Å². The summed E-state index contributed by atoms with van der Waals surface area (Å²) in [6, 6.07) is -0.00444. The molecule has 7 nitrogen and oxygen atoms in total. The van der Waals surface area contributed by atoms with E-state index in [4.69, 9.17) is 23.1 Å². The van der Waals surface area contributed by atoms with Crippen LogP contribution < -0.4 is 16.8 Å². The van der Waals surface area contributed by atoms with Gasteiger partial charge in [0.25, 0.3) is 0 Å². The summed E-state index contributed by atoms with van der Waals surface area (Å²) in [5, 5.41) is 2.89. The van der Waals surface area contributed by atoms with Crippen molar-refractivity contribution < 1.29 is 9.28 Å². The fraction of sp³-hybridized carbons (Fsp3) is 0.692. The molecule has 0 spiro atoms. The van der Waals surface area contributed by atoms with Gasteiger partial charge in [-0.2, -0.15) is 0 Å². The average Bonchev–Trinajstić information content (AvgIpc) is 2.37. The van der Waals surface area contributed by atoms with Crippen LogP contribution in [0.4, 0.5) is 4.79 Å². The second-order valence-corrected chi connectivity index (χ2v) is 6.49. The van der Waals surface area contributed by atoms with Gasteiger partial charge in [-0.25, -0.2) is 9.79 Å². The van der Waals surface area contributed by atoms with Gasteiger partial charge < -0.3 is 21.3 Å². The van der Waals surface area contributed by atoms with E-state index in [0.717, 1.165) is 17.3 Å². The quantitative estimate of drug-likeness (QED) is 0.393. The number of rotatable bonds is 5. The number of nitrogens with zero attached hydrogens (tertiary/aromatic N) is 3. The number of quaternary nitrogens is 1. The molecule has 2 amide bonds. The molecule has 0 radical (unpaired) electrons. The van der Waals surface area contributed by atoms with E-state index in [9.17, 15) is 4.79 Å². The minimum atomic E-state index is -0.814. The Morgan fingerprint density at radius 2 is 2.14 bits per heavy atom. The molecule has 0 aromatic carbocycles. The van der Waals surface area contributed by atoms with Crippen molar-refractivity contribution in [3.8, 4) is 0 Å². The van der Waals surface area contributed by atoms with Gasteiger partial charge in [-0.1, -0.05) is 24.9 Å². The fourth-order valence-electron chi connectivity index (χ4n) is 2.14. The molecular weight excluding hydrogens is 292 g/mol. The molecule has 1 heterocycles. The number of alkyl halides is 1. The summed E-state index contributed by atoms with van der Waals surface area (Å²) in [6.07, 6.45) is 3.48. The summed E-state index contributed by atoms with van der Waals surface area (Å²) in [7, 11) is 6.33. The highest BCUT2D eigenvalue weighted by Crippen LogP contribution is 2.14. The molecule has 5 N–H and O–H groups in total. The summed E-state index contributed by atoms with van der Waals surface area (Å²) in [6.45, 7) is 2.69. The molecule has 0 bridgehead atoms. The smallest absolute Gasteiger partial charge is 0.323 e. The number of nitrogens with one attached hydrogen (secondary N) is 1. The predicted molar refractivity (Wildman–Crippen MR) is 85.5 cm³/mol. The van der Waals surface area contributed by atoms with Gasteiger partial charge >= 0.3 is 6.03 Å². The number of hydrogen-bond donors (Lipinski definition) is 3. The van der Waals surface area contributed by atoms with E-state index in [0.29, 0.717) is 12.6 Å². The highest BCUT2D eigenvalue weighted by Gasteiger charge is 2.29. The summed E-state index contributed by atoms with van der Waals surface area (Å²) >= 11 is 6.06. The van der Waals surface area contributed by atoms with Crippen LogP contribution in [0.3, 0.4) is 0 Å². The Morgan fingerprint density at radius 3 is 2.67 bits per heavy atom. The third-order valence-corrected chi connectivity index (χ3v) is 3.89. The Morgan fingerprint density at radius 1 is 1.52 bits per heavy atom. The molecule has 0 saturated carbocycles. The number of hydrogen-bond acceptors (Lipinski definition) is 4. The van der Waals surface area contributed by atoms with E-state index in [2.05, 4.69) is 38.4 Å². The number of amidine groups is 1. The van der Waals surface area contributed by atoms with Crippen LogP contribution in [0.5, 0.6) is 0 Å². The largest absolute Gasteiger partial charge is 0.384 e. The Kier molecular flexibility index (Phi) is 5.86. The van der Waals surface area contributed by atoms with Crippen LogP contribution >= 0.6 is 11.6 Å². The predicted octanol–water partition coefficient (Wildman–Crippen LogP) is 0.566. The molecule has 0 aliphatic carbocycles. The third kappa shape index (κ3) is 4.78. The number of likely N-dealkylation sites (N-methyl/N-ethyl adjacent to an activating group) is 1. The Balaban J connectivity index is 2.67. The van der Waals surface area contributed by atoms with E-state index in [1.54, 1.807) is 0 Å². The first-order chi connectivity index (χ1) is 9.66. The van der Waals surface area contributed by atoms with Crippen LogP contribution in [0, 0.1) is 0 Å². The molecule has 0 saturated heterocycles. The summed E-state index contributed by atoms with van der Waals surface area (Å²) in [5.74, 6) is 0.278. The molecule has 1 unspecified atom stereocenters. The molecule has 1 aliphatic heterocycles. The monoisotopic (exact) mass is 317 g/mol. The Hall–Kier alpha value is -1.47. The van der Waals surface area contributed by atoms with Crippen molar-refractivity contribution in [1.29, 1.82) is 0 Å². The summed E-state index contributed by atoms with van der Waals surface area (Å²) in [4.78, 5) is 17.3. The number of amides is 2. The lowest BCUT2D eigenvalue weighted by Gasteiger charge is -2.35. The van der Waals surface area contributed by atoms with Crippen molar-refractivity contribution in [2.24, 2.45) is 16.5 Å². The van der Waals surface area contributed by atoms with Crippen LogP contribution in [0.15, 0.2) is 17.0 Å². The van der Waals surface area contributed by atoms with Crippen molar-refractivity contribution in [3.05, 3.63) is 12.0 Å². The van der Waals surface area contributed by atoms with E-state index >= 15 is 0 Å². The van der Waals surface area contributed by atoms with Gasteiger partial charge in [0, 0.05) is 6.42 Å². The highest BCUT2D eigenvalue weighted by atomic mass is 35.5. The van der Waals surface area contributed by atoms with Gasteiger partial charge in [0.2, 0.25) is 0 Å². The number of carbonyl (C=O) groups is 1. The fourth-order valence-corrected chi connectivity index (χ4v) is 2.33. The maximum atomic E-state index is 12.2. The standard InChI is InChI=1S/C13H25ClN6O/c1-5-6-9(20(2,3)4)7-17-13(21)19-8-10(15)18-12(16)11(19)14/h8-9,11H,5-7,15H2,1-4H3,(H2-,16,17,18,21)/p+1/t9?,11-/m0/s1. The van der Waals surface area contributed by atoms with Crippen molar-refractivity contribution in [3.63, 3.8) is 0 Å². The molecule has 8 heteroatoms. The molecule has 0 aromatic rings. The first-order valence-corrected chi connectivity index (χ1v) is 7.43. The molecule has 0 fully saturated rings. The number of halogens is 1. The molecule has 1 aliphatic rings. The SMILES string of the molecule is CCCC(CNC(=O)N1C=C(N)N=C(N)[C@H]1Cl)[N+](C)(C)C. The molecule has 120 valence electrons. The highest BCUT2D eigenvalue weighted by molar-refractivity contribution is 6.32. The topological polar surface area (TPSA) is 96.7 Å². The van der Waals surface area contributed by atoms with E-state index in [-0.39, 0.29) is 17.7 Å². The normalized spacial score (nSPS) is 20.6. The van der Waals surface area contributed by atoms with Gasteiger partial charge in [-0.05, 0) is 0 Å². The summed E-state index contributed by atoms with van der Waals surface area (Å²) < 4.78 is 0.778. The maximum absolute atomic E-state index is 12.2. The van der Waals surface area contributed by atoms with Crippen molar-refractivity contribution in [1.82, 2.24) is 10.2 Å². The lowest BCUT2D eigenvalue weighted by atomic mass is 10.1. The second kappa shape index (κ2) is 7.00. The van der Waals surface area contributed by atoms with Gasteiger partial charge in [0.05, 0.1) is 33.9 Å². The molecule has 0 aromatic heterocycles. The van der Waals surface area contributed by atoms with Gasteiger partial charge in [0.1, 0.15) is 17.7 Å². The molecule has 21 heavy (non-hydrogen) atoms. The van der Waals surface area contributed by atoms with Crippen molar-refractivity contribution in [2.45, 2.75) is 31.3 Å². The van der Waals surface area contributed by atoms with Crippen LogP contribution in [-0.2, 0) is 0 Å². The minimum Gasteiger partial charge on any atom is -0.384 e. The number of carbonyl (C=O) groups excluding carboxylic acids is 1. The first kappa shape index (κ1) is 17.6. The zero-order valence-electron chi connectivity index (χ0n) is 13.1. The maximum Gasteiger partial charge on any atom is 0.323 e. The molecule has 1 rings (SSSR count). The zero-order valence-corrected chi connectivity index (χ0v) is 13.9. The number of nitrogens with two attached hydrogens (primary N) is 2. The van der Waals surface area contributed by atoms with Crippen LogP contribution in [0.25, 0.3) is 0 Å². The van der Waals surface area contributed by atoms with Gasteiger partial charge in [0.15, 0.2) is 5.50 Å².